The molecule has 0 spiro atoms. The molecule has 2 nitrogen and oxygen atoms in total. The normalized spacial score (nSPS) is 13.1. The van der Waals surface area contributed by atoms with Gasteiger partial charge in [0.1, 0.15) is 0 Å². The van der Waals surface area contributed by atoms with Crippen molar-refractivity contribution >= 4 is 0 Å². The van der Waals surface area contributed by atoms with Crippen LogP contribution in [-0.2, 0) is 0 Å². The minimum absolute atomic E-state index is 0.425. The van der Waals surface area contributed by atoms with Crippen molar-refractivity contribution in [3.8, 4) is 0 Å². The molecule has 0 fully saturated rings. The molecule has 0 saturated carbocycles. The summed E-state index contributed by atoms with van der Waals surface area (Å²) in [6, 6.07) is 0. The third kappa shape index (κ3) is 9.61. The lowest BCUT2D eigenvalue weighted by Crippen LogP contribution is -2.34. The molecular formula is C15H34N2. The lowest BCUT2D eigenvalue weighted by molar-refractivity contribution is 0.179. The van der Waals surface area contributed by atoms with Crippen LogP contribution < -0.4 is 0 Å². The maximum absolute atomic E-state index is 2.59. The topological polar surface area (TPSA) is 6.48 Å². The van der Waals surface area contributed by atoms with Crippen LogP contribution in [-0.4, -0.2) is 50.1 Å². The Morgan fingerprint density at radius 3 is 2.06 bits per heavy atom. The van der Waals surface area contributed by atoms with Gasteiger partial charge in [-0.1, -0.05) is 34.6 Å². The summed E-state index contributed by atoms with van der Waals surface area (Å²) in [5.41, 5.74) is 0.425. The molecule has 0 heterocycles. The van der Waals surface area contributed by atoms with Crippen LogP contribution in [0.25, 0.3) is 0 Å². The van der Waals surface area contributed by atoms with Crippen molar-refractivity contribution in [3.63, 3.8) is 0 Å². The molecule has 0 aromatic rings. The van der Waals surface area contributed by atoms with Crippen LogP contribution in [0.15, 0.2) is 0 Å². The molecule has 0 saturated heterocycles. The van der Waals surface area contributed by atoms with Crippen molar-refractivity contribution in [1.29, 1.82) is 0 Å². The minimum atomic E-state index is 0.425. The van der Waals surface area contributed by atoms with Gasteiger partial charge in [-0.15, -0.1) is 0 Å². The number of nitrogens with zero attached hydrogens (tertiary/aromatic N) is 2. The van der Waals surface area contributed by atoms with E-state index in [1.165, 1.54) is 39.0 Å². The van der Waals surface area contributed by atoms with Crippen molar-refractivity contribution in [2.75, 3.05) is 40.3 Å². The van der Waals surface area contributed by atoms with Gasteiger partial charge in [-0.3, -0.25) is 0 Å². The first-order valence-corrected chi connectivity index (χ1v) is 7.14. The molecule has 2 heteroatoms. The first-order valence-electron chi connectivity index (χ1n) is 7.14. The summed E-state index contributed by atoms with van der Waals surface area (Å²) < 4.78 is 0. The van der Waals surface area contributed by atoms with E-state index in [4.69, 9.17) is 0 Å². The first kappa shape index (κ1) is 16.9. The van der Waals surface area contributed by atoms with Crippen molar-refractivity contribution in [3.05, 3.63) is 0 Å². The summed E-state index contributed by atoms with van der Waals surface area (Å²) in [7, 11) is 4.33. The SMILES string of the molecule is CCN(CCC(C)C)CCC(C)(C)CN(C)C. The van der Waals surface area contributed by atoms with Gasteiger partial charge in [-0.25, -0.2) is 0 Å². The zero-order valence-electron chi connectivity index (χ0n) is 13.2. The zero-order chi connectivity index (χ0) is 13.5. The highest BCUT2D eigenvalue weighted by Gasteiger charge is 2.19. The molecule has 17 heavy (non-hydrogen) atoms. The number of hydrogen-bond donors (Lipinski definition) is 0. The Morgan fingerprint density at radius 2 is 1.65 bits per heavy atom. The highest BCUT2D eigenvalue weighted by molar-refractivity contribution is 4.73. The van der Waals surface area contributed by atoms with Gasteiger partial charge in [0.25, 0.3) is 0 Å². The number of hydrogen-bond acceptors (Lipinski definition) is 2. The Bertz CT molecular complexity index is 185. The van der Waals surface area contributed by atoms with E-state index in [9.17, 15) is 0 Å². The van der Waals surface area contributed by atoms with E-state index in [1.54, 1.807) is 0 Å². The largest absolute Gasteiger partial charge is 0.309 e. The molecule has 0 atom stereocenters. The molecule has 0 amide bonds. The van der Waals surface area contributed by atoms with E-state index in [0.717, 1.165) is 5.92 Å². The van der Waals surface area contributed by atoms with Crippen LogP contribution in [0.3, 0.4) is 0 Å². The third-order valence-corrected chi connectivity index (χ3v) is 3.32. The van der Waals surface area contributed by atoms with Gasteiger partial charge in [0.2, 0.25) is 0 Å². The molecule has 0 aliphatic heterocycles. The quantitative estimate of drug-likeness (QED) is 0.612. The van der Waals surface area contributed by atoms with Crippen molar-refractivity contribution < 1.29 is 0 Å². The van der Waals surface area contributed by atoms with E-state index in [-0.39, 0.29) is 0 Å². The summed E-state index contributed by atoms with van der Waals surface area (Å²) >= 11 is 0. The summed E-state index contributed by atoms with van der Waals surface area (Å²) in [5, 5.41) is 0. The lowest BCUT2D eigenvalue weighted by atomic mass is 9.88. The highest BCUT2D eigenvalue weighted by atomic mass is 15.1. The fourth-order valence-corrected chi connectivity index (χ4v) is 2.26. The molecule has 0 aliphatic rings. The lowest BCUT2D eigenvalue weighted by Gasteiger charge is -2.31. The standard InChI is InChI=1S/C15H34N2/c1-8-17(11-9-14(2)3)12-10-15(4,5)13-16(6)7/h14H,8-13H2,1-7H3. The summed E-state index contributed by atoms with van der Waals surface area (Å²) in [6.45, 7) is 16.5. The predicted molar refractivity (Wildman–Crippen MR) is 78.5 cm³/mol. The van der Waals surface area contributed by atoms with Crippen molar-refractivity contribution in [1.82, 2.24) is 9.80 Å². The van der Waals surface area contributed by atoms with Gasteiger partial charge in [-0.05, 0) is 57.9 Å². The monoisotopic (exact) mass is 242 g/mol. The van der Waals surface area contributed by atoms with E-state index in [2.05, 4.69) is 58.5 Å². The van der Waals surface area contributed by atoms with Crippen molar-refractivity contribution in [2.24, 2.45) is 11.3 Å². The molecule has 0 unspecified atom stereocenters. The van der Waals surface area contributed by atoms with Gasteiger partial charge >= 0.3 is 0 Å². The van der Waals surface area contributed by atoms with Crippen LogP contribution in [0.1, 0.15) is 47.5 Å². The van der Waals surface area contributed by atoms with Crippen LogP contribution in [0.2, 0.25) is 0 Å². The first-order chi connectivity index (χ1) is 7.76. The maximum atomic E-state index is 2.59. The summed E-state index contributed by atoms with van der Waals surface area (Å²) in [4.78, 5) is 4.89. The van der Waals surface area contributed by atoms with Gasteiger partial charge in [0.15, 0.2) is 0 Å². The zero-order valence-corrected chi connectivity index (χ0v) is 13.2. The molecule has 0 rings (SSSR count). The Hall–Kier alpha value is -0.0800. The van der Waals surface area contributed by atoms with Crippen LogP contribution in [0, 0.1) is 11.3 Å². The third-order valence-electron chi connectivity index (χ3n) is 3.32. The van der Waals surface area contributed by atoms with Gasteiger partial charge in [0.05, 0.1) is 0 Å². The summed E-state index contributed by atoms with van der Waals surface area (Å²) in [5.74, 6) is 0.818. The molecular weight excluding hydrogens is 208 g/mol. The van der Waals surface area contributed by atoms with Crippen molar-refractivity contribution in [2.45, 2.75) is 47.5 Å². The molecule has 104 valence electrons. The van der Waals surface area contributed by atoms with E-state index in [0.29, 0.717) is 5.41 Å². The van der Waals surface area contributed by atoms with Gasteiger partial charge in [-0.2, -0.15) is 0 Å². The van der Waals surface area contributed by atoms with E-state index >= 15 is 0 Å². The fourth-order valence-electron chi connectivity index (χ4n) is 2.26. The average Bonchev–Trinajstić information content (AvgIpc) is 2.15. The predicted octanol–water partition coefficient (Wildman–Crippen LogP) is 3.33. The van der Waals surface area contributed by atoms with Gasteiger partial charge < -0.3 is 9.80 Å². The average molecular weight is 242 g/mol. The second-order valence-corrected chi connectivity index (χ2v) is 6.77. The van der Waals surface area contributed by atoms with E-state index < -0.39 is 0 Å². The second kappa shape index (κ2) is 8.10. The molecule has 0 bridgehead atoms. The van der Waals surface area contributed by atoms with Crippen LogP contribution in [0.5, 0.6) is 0 Å². The van der Waals surface area contributed by atoms with E-state index in [1.807, 2.05) is 0 Å². The molecule has 0 aromatic heterocycles. The Morgan fingerprint density at radius 1 is 1.06 bits per heavy atom. The molecule has 0 radical (unpaired) electrons. The highest BCUT2D eigenvalue weighted by Crippen LogP contribution is 2.21. The van der Waals surface area contributed by atoms with Gasteiger partial charge in [0, 0.05) is 6.54 Å². The maximum Gasteiger partial charge on any atom is 0.00271 e. The molecule has 0 N–H and O–H groups in total. The molecule has 0 aromatic carbocycles. The fraction of sp³-hybridized carbons (Fsp3) is 1.00. The Kier molecular flexibility index (Phi) is 8.06. The summed E-state index contributed by atoms with van der Waals surface area (Å²) in [6.07, 6.45) is 2.61. The van der Waals surface area contributed by atoms with Crippen LogP contribution in [0.4, 0.5) is 0 Å². The number of rotatable bonds is 9. The Labute approximate surface area is 109 Å². The Balaban J connectivity index is 3.95. The van der Waals surface area contributed by atoms with Crippen LogP contribution >= 0.6 is 0 Å². The molecule has 0 aliphatic carbocycles. The second-order valence-electron chi connectivity index (χ2n) is 6.77. The smallest absolute Gasteiger partial charge is 0.00271 e. The minimum Gasteiger partial charge on any atom is -0.309 e.